The summed E-state index contributed by atoms with van der Waals surface area (Å²) < 4.78 is 3.85. The molecule has 0 radical (unpaired) electrons. The number of rotatable bonds is 7. The predicted octanol–water partition coefficient (Wildman–Crippen LogP) is 6.41. The van der Waals surface area contributed by atoms with E-state index in [-0.39, 0.29) is 17.0 Å². The van der Waals surface area contributed by atoms with Gasteiger partial charge in [-0.2, -0.15) is 10.4 Å². The van der Waals surface area contributed by atoms with Gasteiger partial charge >= 0.3 is 0 Å². The summed E-state index contributed by atoms with van der Waals surface area (Å²) >= 11 is 6.81. The molecular formula is C30H32ClN9. The van der Waals surface area contributed by atoms with Gasteiger partial charge in [0.1, 0.15) is 11.8 Å². The van der Waals surface area contributed by atoms with E-state index in [0.717, 1.165) is 51.8 Å². The van der Waals surface area contributed by atoms with Crippen LogP contribution in [0.5, 0.6) is 0 Å². The fourth-order valence-electron chi connectivity index (χ4n) is 4.98. The summed E-state index contributed by atoms with van der Waals surface area (Å²) in [6.07, 6.45) is 7.68. The molecule has 1 aliphatic carbocycles. The standard InChI is InChI=1S/C30H32ClN9/c1-29(2,3)17-34-26-18(13-32)14-33-27-21(26)11-19(12-23(27)31)36-28(24-16-40(38-37-24)30(4)9-10-30)20-7-6-8-25-22(20)15-35-39(25)5/h6-8,11-12,14-16,28,36H,9-10,17H2,1-5H3,(H,33,34)/t28-/m0/s1. The van der Waals surface area contributed by atoms with Gasteiger partial charge in [-0.15, -0.1) is 5.10 Å². The molecule has 0 unspecified atom stereocenters. The maximum absolute atomic E-state index is 9.86. The van der Waals surface area contributed by atoms with Crippen LogP contribution in [0.1, 0.15) is 63.4 Å². The second-order valence-electron chi connectivity index (χ2n) is 12.1. The molecule has 3 aromatic heterocycles. The summed E-state index contributed by atoms with van der Waals surface area (Å²) in [4.78, 5) is 4.52. The Morgan fingerprint density at radius 2 is 1.98 bits per heavy atom. The number of nitriles is 1. The Balaban J connectivity index is 1.48. The fraction of sp³-hybridized carbons (Fsp3) is 0.367. The van der Waals surface area contributed by atoms with Gasteiger partial charge in [0.25, 0.3) is 0 Å². The Bertz CT molecular complexity index is 1780. The Morgan fingerprint density at radius 3 is 2.70 bits per heavy atom. The molecule has 1 saturated carbocycles. The van der Waals surface area contributed by atoms with Gasteiger partial charge in [0.05, 0.1) is 51.3 Å². The first-order valence-corrected chi connectivity index (χ1v) is 13.8. The maximum Gasteiger partial charge on any atom is 0.110 e. The molecule has 3 heterocycles. The van der Waals surface area contributed by atoms with E-state index in [1.807, 2.05) is 47.0 Å². The number of anilines is 2. The number of halogens is 1. The number of pyridine rings is 1. The topological polar surface area (TPSA) is 109 Å². The van der Waals surface area contributed by atoms with Crippen molar-refractivity contribution < 1.29 is 0 Å². The van der Waals surface area contributed by atoms with Crippen LogP contribution >= 0.6 is 11.6 Å². The summed E-state index contributed by atoms with van der Waals surface area (Å²) in [6, 6.07) is 12.0. The third-order valence-electron chi connectivity index (χ3n) is 7.62. The highest BCUT2D eigenvalue weighted by atomic mass is 35.5. The van der Waals surface area contributed by atoms with Crippen LogP contribution in [0, 0.1) is 16.7 Å². The zero-order valence-electron chi connectivity index (χ0n) is 23.3. The van der Waals surface area contributed by atoms with Gasteiger partial charge in [0.2, 0.25) is 0 Å². The van der Waals surface area contributed by atoms with Crippen molar-refractivity contribution in [1.82, 2.24) is 29.8 Å². The van der Waals surface area contributed by atoms with E-state index in [9.17, 15) is 5.26 Å². The second-order valence-corrected chi connectivity index (χ2v) is 12.5. The highest BCUT2D eigenvalue weighted by molar-refractivity contribution is 6.35. The molecule has 0 amide bonds. The first-order chi connectivity index (χ1) is 19.1. The van der Waals surface area contributed by atoms with Crippen LogP contribution in [0.25, 0.3) is 21.8 Å². The van der Waals surface area contributed by atoms with E-state index >= 15 is 0 Å². The number of nitrogens with zero attached hydrogens (tertiary/aromatic N) is 7. The van der Waals surface area contributed by atoms with Crippen LogP contribution < -0.4 is 10.6 Å². The van der Waals surface area contributed by atoms with Gasteiger partial charge in [-0.05, 0) is 48.9 Å². The molecule has 2 aromatic carbocycles. The van der Waals surface area contributed by atoms with Gasteiger partial charge in [0, 0.05) is 36.2 Å². The molecular weight excluding hydrogens is 522 g/mol. The molecule has 204 valence electrons. The van der Waals surface area contributed by atoms with E-state index in [1.165, 1.54) is 0 Å². The summed E-state index contributed by atoms with van der Waals surface area (Å²) in [5.41, 5.74) is 5.52. The Hall–Kier alpha value is -4.16. The first kappa shape index (κ1) is 26.1. The monoisotopic (exact) mass is 553 g/mol. The summed E-state index contributed by atoms with van der Waals surface area (Å²) in [7, 11) is 1.94. The summed E-state index contributed by atoms with van der Waals surface area (Å²) in [6.45, 7) is 9.32. The van der Waals surface area contributed by atoms with Gasteiger partial charge in [-0.3, -0.25) is 9.67 Å². The number of nitrogens with one attached hydrogen (secondary N) is 2. The minimum Gasteiger partial charge on any atom is -0.383 e. The molecule has 0 spiro atoms. The lowest BCUT2D eigenvalue weighted by atomic mass is 9.96. The van der Waals surface area contributed by atoms with Crippen LogP contribution in [-0.2, 0) is 12.6 Å². The molecule has 1 atom stereocenters. The summed E-state index contributed by atoms with van der Waals surface area (Å²) in [5, 5.41) is 33.0. The third kappa shape index (κ3) is 4.73. The van der Waals surface area contributed by atoms with E-state index in [2.05, 4.69) is 76.9 Å². The zero-order chi connectivity index (χ0) is 28.2. The molecule has 10 heteroatoms. The number of aromatic nitrogens is 6. The predicted molar refractivity (Wildman–Crippen MR) is 158 cm³/mol. The summed E-state index contributed by atoms with van der Waals surface area (Å²) in [5.74, 6) is 0. The number of benzene rings is 2. The van der Waals surface area contributed by atoms with Crippen molar-refractivity contribution in [3.8, 4) is 6.07 Å². The van der Waals surface area contributed by atoms with Gasteiger partial charge in [-0.1, -0.05) is 49.7 Å². The molecule has 2 N–H and O–H groups in total. The molecule has 40 heavy (non-hydrogen) atoms. The normalized spacial score (nSPS) is 15.2. The Morgan fingerprint density at radius 1 is 1.18 bits per heavy atom. The second kappa shape index (κ2) is 9.49. The molecule has 6 rings (SSSR count). The van der Waals surface area contributed by atoms with Crippen LogP contribution in [0.3, 0.4) is 0 Å². The number of hydrogen-bond acceptors (Lipinski definition) is 7. The smallest absolute Gasteiger partial charge is 0.110 e. The van der Waals surface area contributed by atoms with Crippen molar-refractivity contribution in [1.29, 1.82) is 5.26 Å². The van der Waals surface area contributed by atoms with Crippen molar-refractivity contribution in [2.24, 2.45) is 12.5 Å². The number of fused-ring (bicyclic) bond motifs is 2. The molecule has 0 saturated heterocycles. The third-order valence-corrected chi connectivity index (χ3v) is 7.91. The largest absolute Gasteiger partial charge is 0.383 e. The first-order valence-electron chi connectivity index (χ1n) is 13.4. The van der Waals surface area contributed by atoms with E-state index < -0.39 is 0 Å². The molecule has 0 bridgehead atoms. The van der Waals surface area contributed by atoms with Gasteiger partial charge in [-0.25, -0.2) is 4.68 Å². The van der Waals surface area contributed by atoms with Crippen LogP contribution in [0.15, 0.2) is 48.9 Å². The van der Waals surface area contributed by atoms with Crippen molar-refractivity contribution in [2.75, 3.05) is 17.2 Å². The molecule has 9 nitrogen and oxygen atoms in total. The molecule has 0 aliphatic heterocycles. The highest BCUT2D eigenvalue weighted by Gasteiger charge is 2.41. The van der Waals surface area contributed by atoms with E-state index in [1.54, 1.807) is 6.20 Å². The lowest BCUT2D eigenvalue weighted by Crippen LogP contribution is -2.20. The Kier molecular flexibility index (Phi) is 6.19. The average molecular weight is 554 g/mol. The van der Waals surface area contributed by atoms with Crippen molar-refractivity contribution in [3.05, 3.63) is 70.8 Å². The minimum absolute atomic E-state index is 0.0134. The molecule has 5 aromatic rings. The van der Waals surface area contributed by atoms with Crippen LogP contribution in [0.2, 0.25) is 5.02 Å². The van der Waals surface area contributed by atoms with E-state index in [4.69, 9.17) is 11.6 Å². The average Bonchev–Trinajstić information content (AvgIpc) is 3.30. The van der Waals surface area contributed by atoms with Crippen molar-refractivity contribution >= 4 is 44.8 Å². The number of hydrogen-bond donors (Lipinski definition) is 2. The van der Waals surface area contributed by atoms with E-state index in [0.29, 0.717) is 22.6 Å². The van der Waals surface area contributed by atoms with Crippen molar-refractivity contribution in [3.63, 3.8) is 0 Å². The van der Waals surface area contributed by atoms with Gasteiger partial charge in [0.15, 0.2) is 0 Å². The maximum atomic E-state index is 9.86. The van der Waals surface area contributed by atoms with Crippen molar-refractivity contribution in [2.45, 2.75) is 52.1 Å². The minimum atomic E-state index is -0.324. The lowest BCUT2D eigenvalue weighted by Gasteiger charge is -2.22. The number of aryl methyl sites for hydroxylation is 1. The molecule has 1 aliphatic rings. The highest BCUT2D eigenvalue weighted by Crippen LogP contribution is 2.43. The fourth-order valence-corrected chi connectivity index (χ4v) is 5.25. The van der Waals surface area contributed by atoms with Crippen LogP contribution in [-0.4, -0.2) is 36.3 Å². The quantitative estimate of drug-likeness (QED) is 0.240. The Labute approximate surface area is 238 Å². The lowest BCUT2D eigenvalue weighted by molar-refractivity contribution is 0.443. The van der Waals surface area contributed by atoms with Gasteiger partial charge < -0.3 is 10.6 Å². The zero-order valence-corrected chi connectivity index (χ0v) is 24.1. The molecule has 1 fully saturated rings. The SMILES string of the molecule is Cn1ncc2c([C@H](Nc3cc(Cl)c4ncc(C#N)c(NCC(C)(C)C)c4c3)c3cn(C4(C)CC4)nn3)cccc21. The van der Waals surface area contributed by atoms with Crippen LogP contribution in [0.4, 0.5) is 11.4 Å².